The van der Waals surface area contributed by atoms with E-state index in [2.05, 4.69) is 19.7 Å². The van der Waals surface area contributed by atoms with Gasteiger partial charge in [-0.05, 0) is 142 Å². The molecule has 1 aromatic heterocycles. The predicted octanol–water partition coefficient (Wildman–Crippen LogP) is 10.5. The Morgan fingerprint density at radius 2 is 1.05 bits per heavy atom. The van der Waals surface area contributed by atoms with E-state index in [9.17, 15) is 24.0 Å². The maximum absolute atomic E-state index is 13.3. The van der Waals surface area contributed by atoms with Crippen molar-refractivity contribution >= 4 is 62.7 Å². The van der Waals surface area contributed by atoms with E-state index in [1.807, 2.05) is 42.5 Å². The maximum atomic E-state index is 13.3. The van der Waals surface area contributed by atoms with Crippen molar-refractivity contribution in [3.8, 4) is 34.5 Å². The number of para-hydroxylation sites is 1. The van der Waals surface area contributed by atoms with Gasteiger partial charge in [0.25, 0.3) is 0 Å². The maximum Gasteiger partial charge on any atom is 0.330 e. The van der Waals surface area contributed by atoms with Crippen molar-refractivity contribution in [3.05, 3.63) is 135 Å². The lowest BCUT2D eigenvalue weighted by Crippen LogP contribution is -2.28. The van der Waals surface area contributed by atoms with Gasteiger partial charge in [-0.15, -0.1) is 0 Å². The number of benzene rings is 4. The molecule has 0 unspecified atom stereocenters. The van der Waals surface area contributed by atoms with Crippen molar-refractivity contribution in [2.45, 2.75) is 64.2 Å². The standard InChI is InChI=1S/C61H69N3O15S/c1-4-56(65)73-34-9-32-71-48-21-25-50(26-22-48)78-59(68)45-17-13-43(14-18-45)41-76-52-29-30-54(47(39-52)40-62-64(31-36-70-37-38-75-58(67)6-3)61-63-53-11-7-8-12-55(53)80-61)77-42-44-15-19-46(20-16-44)60(69)79-51-27-23-49(24-28-51)72-33-10-35-74-57(66)5-2/h4-8,11-12,21-30,39-40,43-46H,1-3,9-10,13-20,31-38,41-42H2/b62-40+. The minimum atomic E-state index is -0.518. The molecule has 0 bridgehead atoms. The SMILES string of the molecule is C=CC(=O)OCCCOc1ccc(OC(=O)C2CCC(COc3ccc(OCC4CCC(C(=O)Oc5ccc(OCCCOC(=O)C=C)cc5)CC4)c(/C=N/N(CCOCCOC(=O)C=C)c4nc5ccccc5s4)c3)CC2)cc1. The van der Waals surface area contributed by atoms with Crippen molar-refractivity contribution < 1.29 is 71.3 Å². The number of rotatable bonds is 32. The Kier molecular flexibility index (Phi) is 24.0. The van der Waals surface area contributed by atoms with Gasteiger partial charge >= 0.3 is 29.8 Å². The highest BCUT2D eigenvalue weighted by Gasteiger charge is 2.30. The van der Waals surface area contributed by atoms with Crippen molar-refractivity contribution in [2.24, 2.45) is 28.8 Å². The summed E-state index contributed by atoms with van der Waals surface area (Å²) in [6.07, 6.45) is 11.9. The first-order valence-electron chi connectivity index (χ1n) is 27.0. The number of fused-ring (bicyclic) bond motifs is 1. The Morgan fingerprint density at radius 3 is 1.59 bits per heavy atom. The fourth-order valence-corrected chi connectivity index (χ4v) is 9.74. The van der Waals surface area contributed by atoms with Crippen LogP contribution in [0.25, 0.3) is 10.2 Å². The fraction of sp³-hybridized carbons (Fsp3) is 0.393. The molecule has 19 heteroatoms. The van der Waals surface area contributed by atoms with Gasteiger partial charge in [0.05, 0.1) is 87.7 Å². The number of anilines is 1. The van der Waals surface area contributed by atoms with Gasteiger partial charge in [-0.25, -0.2) is 24.4 Å². The first-order chi connectivity index (χ1) is 39.0. The van der Waals surface area contributed by atoms with Crippen LogP contribution in [0.4, 0.5) is 5.13 Å². The van der Waals surface area contributed by atoms with E-state index in [1.54, 1.807) is 59.8 Å². The Bertz CT molecular complexity index is 2820. The lowest BCUT2D eigenvalue weighted by molar-refractivity contribution is -0.141. The van der Waals surface area contributed by atoms with Crippen molar-refractivity contribution in [3.63, 3.8) is 0 Å². The molecule has 4 aromatic carbocycles. The number of nitrogens with zero attached hydrogens (tertiary/aromatic N) is 3. The second-order valence-electron chi connectivity index (χ2n) is 19.0. The number of esters is 5. The monoisotopic (exact) mass is 1120 g/mol. The molecule has 18 nitrogen and oxygen atoms in total. The highest BCUT2D eigenvalue weighted by Crippen LogP contribution is 2.35. The minimum absolute atomic E-state index is 0.0868. The van der Waals surface area contributed by atoms with Crippen molar-refractivity contribution in [1.82, 2.24) is 4.98 Å². The Balaban J connectivity index is 0.935. The van der Waals surface area contributed by atoms with E-state index in [4.69, 9.17) is 57.5 Å². The number of aromatic nitrogens is 1. The van der Waals surface area contributed by atoms with Crippen LogP contribution in [0.2, 0.25) is 0 Å². The van der Waals surface area contributed by atoms with Gasteiger partial charge in [0, 0.05) is 36.6 Å². The van der Waals surface area contributed by atoms with Crippen LogP contribution < -0.4 is 33.4 Å². The molecule has 0 radical (unpaired) electrons. The minimum Gasteiger partial charge on any atom is -0.493 e. The number of carbonyl (C=O) groups excluding carboxylic acids is 5. The summed E-state index contributed by atoms with van der Waals surface area (Å²) in [6, 6.07) is 27.3. The topological polar surface area (TPSA) is 206 Å². The number of hydrogen-bond donors (Lipinski definition) is 0. The summed E-state index contributed by atoms with van der Waals surface area (Å²) in [5.74, 6) is 1.31. The summed E-state index contributed by atoms with van der Waals surface area (Å²) >= 11 is 1.50. The second kappa shape index (κ2) is 32.1. The smallest absolute Gasteiger partial charge is 0.330 e. The van der Waals surface area contributed by atoms with Crippen molar-refractivity contribution in [2.75, 3.05) is 71.0 Å². The van der Waals surface area contributed by atoms with Gasteiger partial charge in [-0.3, -0.25) is 9.59 Å². The van der Waals surface area contributed by atoms with Crippen LogP contribution in [-0.2, 0) is 42.9 Å². The molecule has 0 atom stereocenters. The molecule has 2 saturated carbocycles. The third kappa shape index (κ3) is 19.7. The highest BCUT2D eigenvalue weighted by atomic mass is 32.1. The third-order valence-corrected chi connectivity index (χ3v) is 14.3. The largest absolute Gasteiger partial charge is 0.493 e. The molecule has 80 heavy (non-hydrogen) atoms. The van der Waals surface area contributed by atoms with Crippen LogP contribution in [-0.4, -0.2) is 107 Å². The van der Waals surface area contributed by atoms with Crippen LogP contribution >= 0.6 is 11.3 Å². The molecule has 0 amide bonds. The molecular weight excluding hydrogens is 1050 g/mol. The number of carbonyl (C=O) groups is 5. The Morgan fingerprint density at radius 1 is 0.550 bits per heavy atom. The molecule has 7 rings (SSSR count). The van der Waals surface area contributed by atoms with E-state index in [0.717, 1.165) is 54.1 Å². The first kappa shape index (κ1) is 59.6. The first-order valence-corrected chi connectivity index (χ1v) is 27.8. The predicted molar refractivity (Wildman–Crippen MR) is 302 cm³/mol. The third-order valence-electron chi connectivity index (χ3n) is 13.2. The van der Waals surface area contributed by atoms with Crippen LogP contribution in [0.5, 0.6) is 34.5 Å². The van der Waals surface area contributed by atoms with E-state index >= 15 is 0 Å². The number of thiazole rings is 1. The molecule has 2 aliphatic carbocycles. The van der Waals surface area contributed by atoms with Crippen LogP contribution in [0, 0.1) is 23.7 Å². The molecular formula is C61H69N3O15S. The second-order valence-corrected chi connectivity index (χ2v) is 20.0. The zero-order valence-electron chi connectivity index (χ0n) is 44.9. The van der Waals surface area contributed by atoms with Gasteiger partial charge in [0.2, 0.25) is 5.13 Å². The lowest BCUT2D eigenvalue weighted by atomic mass is 9.82. The molecule has 1 heterocycles. The molecule has 424 valence electrons. The van der Waals surface area contributed by atoms with Crippen LogP contribution in [0.3, 0.4) is 0 Å². The van der Waals surface area contributed by atoms with Gasteiger partial charge < -0.3 is 47.4 Å². The van der Waals surface area contributed by atoms with E-state index < -0.39 is 17.9 Å². The van der Waals surface area contributed by atoms with E-state index in [0.29, 0.717) is 117 Å². The quantitative estimate of drug-likeness (QED) is 0.00746. The molecule has 0 aliphatic heterocycles. The fourth-order valence-electron chi connectivity index (χ4n) is 8.79. The average Bonchev–Trinajstić information content (AvgIpc) is 3.94. The molecule has 0 saturated heterocycles. The Hall–Kier alpha value is -8.03. The van der Waals surface area contributed by atoms with Gasteiger partial charge in [0.15, 0.2) is 0 Å². The summed E-state index contributed by atoms with van der Waals surface area (Å²) in [6.45, 7) is 13.1. The molecule has 2 fully saturated rings. The lowest BCUT2D eigenvalue weighted by Gasteiger charge is -2.28. The van der Waals surface area contributed by atoms with E-state index in [-0.39, 0.29) is 68.6 Å². The molecule has 5 aromatic rings. The molecule has 0 N–H and O–H groups in total. The summed E-state index contributed by atoms with van der Waals surface area (Å²) in [5, 5.41) is 7.39. The molecule has 2 aliphatic rings. The highest BCUT2D eigenvalue weighted by molar-refractivity contribution is 7.22. The number of hydrogen-bond acceptors (Lipinski definition) is 19. The zero-order valence-corrected chi connectivity index (χ0v) is 45.7. The summed E-state index contributed by atoms with van der Waals surface area (Å²) in [7, 11) is 0. The van der Waals surface area contributed by atoms with Crippen molar-refractivity contribution in [1.29, 1.82) is 0 Å². The normalized spacial score (nSPS) is 16.9. The van der Waals surface area contributed by atoms with Crippen LogP contribution in [0.15, 0.2) is 134 Å². The summed E-state index contributed by atoms with van der Waals surface area (Å²) in [4.78, 5) is 65.3. The Labute approximate surface area is 470 Å². The van der Waals surface area contributed by atoms with Gasteiger partial charge in [-0.1, -0.05) is 43.2 Å². The van der Waals surface area contributed by atoms with Gasteiger partial charge in [-0.2, -0.15) is 5.10 Å². The van der Waals surface area contributed by atoms with Crippen LogP contribution in [0.1, 0.15) is 69.8 Å². The number of ether oxygens (including phenoxy) is 10. The van der Waals surface area contributed by atoms with Gasteiger partial charge in [0.1, 0.15) is 41.1 Å². The summed E-state index contributed by atoms with van der Waals surface area (Å²) in [5.41, 5.74) is 1.53. The number of hydrazone groups is 1. The molecule has 0 spiro atoms. The zero-order chi connectivity index (χ0) is 56.3. The average molecular weight is 1120 g/mol. The van der Waals surface area contributed by atoms with E-state index in [1.165, 1.54) is 11.3 Å². The summed E-state index contributed by atoms with van der Waals surface area (Å²) < 4.78 is 57.8.